The fourth-order valence-electron chi connectivity index (χ4n) is 2.91. The lowest BCUT2D eigenvalue weighted by atomic mass is 10.1. The maximum atomic E-state index is 12.2. The van der Waals surface area contributed by atoms with E-state index in [2.05, 4.69) is 4.98 Å². The van der Waals surface area contributed by atoms with Gasteiger partial charge in [0.15, 0.2) is 0 Å². The molecule has 18 heavy (non-hydrogen) atoms. The number of amides is 1. The molecule has 1 aliphatic heterocycles. The Morgan fingerprint density at radius 1 is 1.56 bits per heavy atom. The summed E-state index contributed by atoms with van der Waals surface area (Å²) >= 11 is 0. The van der Waals surface area contributed by atoms with Crippen molar-refractivity contribution in [2.75, 3.05) is 13.1 Å². The largest absolute Gasteiger partial charge is 0.336 e. The van der Waals surface area contributed by atoms with Crippen LogP contribution in [0.4, 0.5) is 0 Å². The van der Waals surface area contributed by atoms with Crippen molar-refractivity contribution >= 4 is 5.91 Å². The summed E-state index contributed by atoms with van der Waals surface area (Å²) in [5.74, 6) is 2.17. The minimum Gasteiger partial charge on any atom is -0.336 e. The van der Waals surface area contributed by atoms with Crippen LogP contribution in [0.25, 0.3) is 0 Å². The number of nitrogens with zero attached hydrogens (tertiary/aromatic N) is 3. The fourth-order valence-corrected chi connectivity index (χ4v) is 2.91. The summed E-state index contributed by atoms with van der Waals surface area (Å²) in [4.78, 5) is 18.6. The van der Waals surface area contributed by atoms with Gasteiger partial charge in [0.25, 0.3) is 0 Å². The molecule has 1 aromatic rings. The third-order valence-corrected chi connectivity index (χ3v) is 4.10. The van der Waals surface area contributed by atoms with Crippen molar-refractivity contribution in [2.45, 2.75) is 25.3 Å². The van der Waals surface area contributed by atoms with E-state index in [9.17, 15) is 4.79 Å². The number of rotatable bonds is 4. The number of aryl methyl sites for hydroxylation is 1. The van der Waals surface area contributed by atoms with Crippen LogP contribution in [0.3, 0.4) is 0 Å². The van der Waals surface area contributed by atoms with Gasteiger partial charge in [0.1, 0.15) is 5.82 Å². The maximum absolute atomic E-state index is 12.2. The molecule has 1 aliphatic carbocycles. The molecule has 3 rings (SSSR count). The minimum atomic E-state index is 0.161. The van der Waals surface area contributed by atoms with Crippen LogP contribution in [0.1, 0.15) is 31.1 Å². The van der Waals surface area contributed by atoms with E-state index in [1.54, 1.807) is 0 Å². The standard InChI is InChI=1S/C13H20N4O/c1-16-5-4-15-13(16)12(10-2-3-10)17-8-9(7-14)6-11(17)18/h4-5,9-10,12H,2-3,6-8,14H2,1H3. The lowest BCUT2D eigenvalue weighted by Crippen LogP contribution is -2.33. The van der Waals surface area contributed by atoms with Gasteiger partial charge in [-0.05, 0) is 31.2 Å². The predicted octanol–water partition coefficient (Wildman–Crippen LogP) is 0.678. The molecule has 2 unspecified atom stereocenters. The van der Waals surface area contributed by atoms with E-state index in [1.165, 1.54) is 12.8 Å². The van der Waals surface area contributed by atoms with E-state index in [4.69, 9.17) is 5.73 Å². The molecule has 1 saturated heterocycles. The van der Waals surface area contributed by atoms with Gasteiger partial charge in [0, 0.05) is 32.4 Å². The first-order chi connectivity index (χ1) is 8.70. The van der Waals surface area contributed by atoms with Crippen LogP contribution in [0.2, 0.25) is 0 Å². The minimum absolute atomic E-state index is 0.161. The molecular weight excluding hydrogens is 228 g/mol. The van der Waals surface area contributed by atoms with Gasteiger partial charge in [0.05, 0.1) is 6.04 Å². The second-order valence-electron chi connectivity index (χ2n) is 5.53. The number of nitrogens with two attached hydrogens (primary N) is 1. The monoisotopic (exact) mass is 248 g/mol. The molecule has 2 N–H and O–H groups in total. The third kappa shape index (κ3) is 1.92. The summed E-state index contributed by atoms with van der Waals surface area (Å²) in [5.41, 5.74) is 5.70. The lowest BCUT2D eigenvalue weighted by Gasteiger charge is -2.27. The van der Waals surface area contributed by atoms with Crippen LogP contribution in [-0.4, -0.2) is 33.4 Å². The molecule has 0 bridgehead atoms. The van der Waals surface area contributed by atoms with Crippen molar-refractivity contribution in [3.8, 4) is 0 Å². The summed E-state index contributed by atoms with van der Waals surface area (Å²) in [6.07, 6.45) is 6.77. The highest BCUT2D eigenvalue weighted by Gasteiger charge is 2.43. The summed E-state index contributed by atoms with van der Waals surface area (Å²) < 4.78 is 2.03. The Bertz CT molecular complexity index is 452. The first-order valence-corrected chi connectivity index (χ1v) is 6.67. The maximum Gasteiger partial charge on any atom is 0.223 e. The molecule has 2 heterocycles. The van der Waals surface area contributed by atoms with Gasteiger partial charge in [0.2, 0.25) is 5.91 Å². The Kier molecular flexibility index (Phi) is 2.86. The van der Waals surface area contributed by atoms with Gasteiger partial charge in [-0.25, -0.2) is 4.98 Å². The topological polar surface area (TPSA) is 64.2 Å². The number of hydrogen-bond acceptors (Lipinski definition) is 3. The van der Waals surface area contributed by atoms with Crippen molar-refractivity contribution in [3.63, 3.8) is 0 Å². The SMILES string of the molecule is Cn1ccnc1C(C1CC1)N1CC(CN)CC1=O. The summed E-state index contributed by atoms with van der Waals surface area (Å²) in [7, 11) is 2.00. The van der Waals surface area contributed by atoms with Crippen LogP contribution in [0, 0.1) is 11.8 Å². The normalized spacial score (nSPS) is 25.8. The average Bonchev–Trinajstić information content (AvgIpc) is 3.00. The Hall–Kier alpha value is -1.36. The molecule has 1 aromatic heterocycles. The van der Waals surface area contributed by atoms with E-state index in [0.717, 1.165) is 12.4 Å². The Morgan fingerprint density at radius 3 is 2.83 bits per heavy atom. The van der Waals surface area contributed by atoms with E-state index in [1.807, 2.05) is 28.9 Å². The van der Waals surface area contributed by atoms with Gasteiger partial charge in [-0.15, -0.1) is 0 Å². The first-order valence-electron chi connectivity index (χ1n) is 6.67. The zero-order valence-corrected chi connectivity index (χ0v) is 10.7. The highest BCUT2D eigenvalue weighted by molar-refractivity contribution is 5.79. The lowest BCUT2D eigenvalue weighted by molar-refractivity contribution is -0.130. The summed E-state index contributed by atoms with van der Waals surface area (Å²) in [6, 6.07) is 0.161. The van der Waals surface area contributed by atoms with Crippen molar-refractivity contribution in [2.24, 2.45) is 24.6 Å². The molecule has 1 saturated carbocycles. The van der Waals surface area contributed by atoms with Gasteiger partial charge in [-0.1, -0.05) is 0 Å². The smallest absolute Gasteiger partial charge is 0.223 e. The van der Waals surface area contributed by atoms with Crippen molar-refractivity contribution in [1.82, 2.24) is 14.5 Å². The number of aromatic nitrogens is 2. The van der Waals surface area contributed by atoms with Crippen LogP contribution < -0.4 is 5.73 Å². The van der Waals surface area contributed by atoms with E-state index in [0.29, 0.717) is 24.8 Å². The van der Waals surface area contributed by atoms with Gasteiger partial charge in [-0.2, -0.15) is 0 Å². The molecule has 0 radical (unpaired) electrons. The Morgan fingerprint density at radius 2 is 2.33 bits per heavy atom. The summed E-state index contributed by atoms with van der Waals surface area (Å²) in [6.45, 7) is 1.39. The third-order valence-electron chi connectivity index (χ3n) is 4.10. The van der Waals surface area contributed by atoms with E-state index < -0.39 is 0 Å². The average molecular weight is 248 g/mol. The highest BCUT2D eigenvalue weighted by atomic mass is 16.2. The number of carbonyl (C=O) groups excluding carboxylic acids is 1. The Labute approximate surface area is 107 Å². The Balaban J connectivity index is 1.87. The molecular formula is C13H20N4O. The zero-order chi connectivity index (χ0) is 12.7. The molecule has 0 spiro atoms. The van der Waals surface area contributed by atoms with Crippen LogP contribution >= 0.6 is 0 Å². The number of likely N-dealkylation sites (tertiary alicyclic amines) is 1. The highest BCUT2D eigenvalue weighted by Crippen LogP contribution is 2.45. The fraction of sp³-hybridized carbons (Fsp3) is 0.692. The van der Waals surface area contributed by atoms with E-state index in [-0.39, 0.29) is 11.9 Å². The molecule has 2 aliphatic rings. The number of carbonyl (C=O) groups is 1. The van der Waals surface area contributed by atoms with Crippen molar-refractivity contribution < 1.29 is 4.79 Å². The molecule has 0 aromatic carbocycles. The second-order valence-corrected chi connectivity index (χ2v) is 5.53. The van der Waals surface area contributed by atoms with Crippen LogP contribution in [-0.2, 0) is 11.8 Å². The molecule has 5 nitrogen and oxygen atoms in total. The van der Waals surface area contributed by atoms with E-state index >= 15 is 0 Å². The molecule has 2 fully saturated rings. The van der Waals surface area contributed by atoms with Gasteiger partial charge >= 0.3 is 0 Å². The second kappa shape index (κ2) is 4.39. The van der Waals surface area contributed by atoms with Gasteiger partial charge in [-0.3, -0.25) is 4.79 Å². The van der Waals surface area contributed by atoms with Crippen molar-refractivity contribution in [1.29, 1.82) is 0 Å². The molecule has 1 amide bonds. The number of imidazole rings is 1. The van der Waals surface area contributed by atoms with Crippen LogP contribution in [0.5, 0.6) is 0 Å². The zero-order valence-electron chi connectivity index (χ0n) is 10.7. The van der Waals surface area contributed by atoms with Gasteiger partial charge < -0.3 is 15.2 Å². The molecule has 98 valence electrons. The molecule has 5 heteroatoms. The molecule has 2 atom stereocenters. The van der Waals surface area contributed by atoms with Crippen molar-refractivity contribution in [3.05, 3.63) is 18.2 Å². The number of hydrogen-bond donors (Lipinski definition) is 1. The summed E-state index contributed by atoms with van der Waals surface area (Å²) in [5, 5.41) is 0. The predicted molar refractivity (Wildman–Crippen MR) is 67.5 cm³/mol. The first kappa shape index (κ1) is 11.7. The quantitative estimate of drug-likeness (QED) is 0.852. The van der Waals surface area contributed by atoms with Crippen LogP contribution in [0.15, 0.2) is 12.4 Å².